The van der Waals surface area contributed by atoms with Gasteiger partial charge in [-0.15, -0.1) is 4.52 Å². The van der Waals surface area contributed by atoms with Gasteiger partial charge in [-0.05, 0) is 42.1 Å². The van der Waals surface area contributed by atoms with Gasteiger partial charge in [0.15, 0.2) is 5.96 Å². The quantitative estimate of drug-likeness (QED) is 0.0117. The van der Waals surface area contributed by atoms with Gasteiger partial charge in [0.25, 0.3) is 0 Å². The monoisotopic (exact) mass is 1300 g/mol. The summed E-state index contributed by atoms with van der Waals surface area (Å²) in [4.78, 5) is 219. The maximum Gasteiger partial charge on any atom is 0.488 e. The highest BCUT2D eigenvalue weighted by atomic mass is 31.1. The van der Waals surface area contributed by atoms with Crippen LogP contribution in [-0.2, 0) is 85.8 Å². The average Bonchev–Trinajstić information content (AvgIpc) is 1.95. The fraction of sp³-hybridized carbons (Fsp3) is 0.638. The van der Waals surface area contributed by atoms with Crippen LogP contribution < -0.4 is 86.3 Å². The Morgan fingerprint density at radius 1 is 0.483 bits per heavy atom. The molecule has 41 nitrogen and oxygen atoms in total. The highest BCUT2D eigenvalue weighted by Gasteiger charge is 2.37. The van der Waals surface area contributed by atoms with Crippen molar-refractivity contribution in [3.05, 3.63) is 0 Å². The summed E-state index contributed by atoms with van der Waals surface area (Å²) in [6.45, 7) is 0.0356. The molecule has 0 fully saturated rings. The van der Waals surface area contributed by atoms with Crippen LogP contribution in [0.3, 0.4) is 0 Å². The lowest BCUT2D eigenvalue weighted by molar-refractivity contribution is -0.186. The molecule has 0 aliphatic carbocycles. The molecule has 0 bridgehead atoms. The van der Waals surface area contributed by atoms with Crippen molar-refractivity contribution in [1.29, 1.82) is 0 Å². The molecule has 0 rings (SSSR count). The first kappa shape index (κ1) is 79.7. The lowest BCUT2D eigenvalue weighted by Crippen LogP contribution is -2.61. The second kappa shape index (κ2) is 41.0. The molecule has 1 unspecified atom stereocenters. The number of rotatable bonds is 44. The number of carbonyl (C=O) groups excluding carboxylic acids is 12. The Kier molecular flexibility index (Phi) is 36.7. The summed E-state index contributed by atoms with van der Waals surface area (Å²) in [5, 5.41) is 80.4. The number of aliphatic imine (C=N–C) groups is 1. The zero-order chi connectivity index (χ0) is 68.4. The molecule has 0 saturated heterocycles. The number of hydrogen-bond acceptors (Lipinski definition) is 23. The van der Waals surface area contributed by atoms with E-state index in [-0.39, 0.29) is 25.3 Å². The van der Waals surface area contributed by atoms with Crippen molar-refractivity contribution in [2.24, 2.45) is 39.8 Å². The van der Waals surface area contributed by atoms with E-state index in [0.717, 1.165) is 0 Å². The first-order chi connectivity index (χ1) is 41.4. The maximum absolute atomic E-state index is 13.8. The smallest absolute Gasteiger partial charge is 0.488 e. The van der Waals surface area contributed by atoms with Crippen molar-refractivity contribution in [1.82, 2.24) is 58.5 Å². The van der Waals surface area contributed by atoms with Gasteiger partial charge in [0.2, 0.25) is 70.9 Å². The number of amides is 12. The summed E-state index contributed by atoms with van der Waals surface area (Å²) in [6.07, 6.45) is -5.46. The number of primary amides is 1. The molecule has 0 spiro atoms. The first-order valence-electron chi connectivity index (χ1n) is 26.7. The van der Waals surface area contributed by atoms with Gasteiger partial charge in [-0.1, -0.05) is 27.7 Å². The van der Waals surface area contributed by atoms with Crippen molar-refractivity contribution in [3.8, 4) is 0 Å². The zero-order valence-electron chi connectivity index (χ0n) is 48.5. The highest BCUT2D eigenvalue weighted by molar-refractivity contribution is 7.30. The number of hydrogen-bond donors (Lipinski definition) is 21. The largest absolute Gasteiger partial charge is 0.566 e. The molecular weight excluding hydrogens is 1220 g/mol. The van der Waals surface area contributed by atoms with Gasteiger partial charge in [0.1, 0.15) is 61.0 Å². The molecule has 0 aromatic heterocycles. The molecule has 0 saturated carbocycles. The molecule has 42 heteroatoms. The van der Waals surface area contributed by atoms with Crippen LogP contribution in [0, 0.1) is 11.8 Å². The van der Waals surface area contributed by atoms with Gasteiger partial charge >= 0.3 is 32.1 Å². The first-order valence-corrected chi connectivity index (χ1v) is 27.8. The van der Waals surface area contributed by atoms with Crippen molar-refractivity contribution < 1.29 is 121 Å². The topological polar surface area (TPSA) is 693 Å². The van der Waals surface area contributed by atoms with Crippen LogP contribution in [0.15, 0.2) is 4.99 Å². The third-order valence-electron chi connectivity index (χ3n) is 11.9. The van der Waals surface area contributed by atoms with Crippen LogP contribution in [-0.4, -0.2) is 231 Å². The van der Waals surface area contributed by atoms with Crippen molar-refractivity contribution in [2.75, 3.05) is 39.5 Å². The van der Waals surface area contributed by atoms with Crippen LogP contribution in [0.5, 0.6) is 0 Å². The maximum atomic E-state index is 13.8. The SMILES string of the molecule is CC(C)[C@H](NC(=O)[C@H](CO)NC(=O)[C@H](CC(=O)O)NC(=O)CNC(=O)[C@H](CCCN=C(N)N)NC(=O)CNC(=O)[C@H](CCC(=O)O)NC(=O)[C@H](CCC(=O)O)NC(=O)[C@H](CO[P+](=O)[O-])NC(=O)[C@@H](NC(=O)[C@H](CO)NC(=O)[C@@H](N)CC(N)=O)C(C)C)C(=O)O. The number of guanidine groups is 1. The summed E-state index contributed by atoms with van der Waals surface area (Å²) in [6, 6.07) is -17.9. The lowest BCUT2D eigenvalue weighted by atomic mass is 10.0. The summed E-state index contributed by atoms with van der Waals surface area (Å²) in [5.74, 6) is -22.9. The molecule has 89 heavy (non-hydrogen) atoms. The van der Waals surface area contributed by atoms with Gasteiger partial charge in [-0.25, -0.2) is 4.79 Å². The summed E-state index contributed by atoms with van der Waals surface area (Å²) >= 11 is 0. The second-order valence-corrected chi connectivity index (χ2v) is 20.6. The Balaban J connectivity index is 6.53. The predicted molar refractivity (Wildman–Crippen MR) is 296 cm³/mol. The standard InChI is InChI=1S/C47H77N16O25P/c1-19(2)35(62-42(80)26(16-64)59-37(75)21(48)12-29(49)66)45(83)61-28(18-88-89(86)87)44(82)58-24(8-10-33(71)72)40(78)57-23(7-9-32(69)70)39(77)54-14-30(67)55-22(6-5-11-52-47(50)51)38(76)53-15-31(68)56-25(13-34(73)74)41(79)60-27(17-65)43(81)63-36(20(3)4)46(84)85/h19-28,35-36,64-65H,5-18,48H2,1-4H3,(H2,49,66)(H,53,76)(H,54,77)(H,55,67)(H,56,68)(H,57,78)(H,58,82)(H,59,75)(H,60,79)(H,61,83)(H,62,80)(H,63,81)(H,69,70)(H,71,72)(H,73,74)(H,84,85)(H4,50,51,52)/t21-,22-,23-,24-,25-,26-,27-,28-,35-,36-/m0/s1. The van der Waals surface area contributed by atoms with Crippen LogP contribution in [0.4, 0.5) is 0 Å². The van der Waals surface area contributed by atoms with Crippen molar-refractivity contribution >= 4 is 109 Å². The zero-order valence-corrected chi connectivity index (χ0v) is 49.4. The van der Waals surface area contributed by atoms with Crippen molar-refractivity contribution in [2.45, 2.75) is 139 Å². The van der Waals surface area contributed by atoms with Crippen molar-refractivity contribution in [3.63, 3.8) is 0 Å². The number of aliphatic hydroxyl groups is 2. The van der Waals surface area contributed by atoms with Gasteiger partial charge < -0.3 is 117 Å². The Morgan fingerprint density at radius 3 is 1.29 bits per heavy atom. The normalized spacial score (nSPS) is 14.4. The number of aliphatic hydroxyl groups excluding tert-OH is 2. The van der Waals surface area contributed by atoms with E-state index in [9.17, 15) is 117 Å². The van der Waals surface area contributed by atoms with E-state index in [1.54, 1.807) is 0 Å². The summed E-state index contributed by atoms with van der Waals surface area (Å²) in [5.41, 5.74) is 21.3. The van der Waals surface area contributed by atoms with E-state index >= 15 is 0 Å². The third-order valence-corrected chi connectivity index (χ3v) is 12.2. The molecule has 11 atom stereocenters. The fourth-order valence-electron chi connectivity index (χ4n) is 7.23. The van der Waals surface area contributed by atoms with Gasteiger partial charge in [0, 0.05) is 19.4 Å². The average molecular weight is 1300 g/mol. The minimum absolute atomic E-state index is 0.0509. The Hall–Kier alpha value is -9.31. The molecule has 25 N–H and O–H groups in total. The Morgan fingerprint density at radius 2 is 0.876 bits per heavy atom. The minimum atomic E-state index is -3.76. The fourth-order valence-corrected chi connectivity index (χ4v) is 7.50. The second-order valence-electron chi connectivity index (χ2n) is 19.9. The van der Waals surface area contributed by atoms with E-state index in [4.69, 9.17) is 22.9 Å². The molecular formula is C47H77N16O25P. The third kappa shape index (κ3) is 32.9. The van der Waals surface area contributed by atoms with Crippen LogP contribution in [0.25, 0.3) is 0 Å². The molecule has 0 aromatic rings. The van der Waals surface area contributed by atoms with Crippen LogP contribution in [0.2, 0.25) is 0 Å². The van der Waals surface area contributed by atoms with Gasteiger partial charge in [-0.2, -0.15) is 0 Å². The van der Waals surface area contributed by atoms with E-state index in [2.05, 4.69) is 57.4 Å². The summed E-state index contributed by atoms with van der Waals surface area (Å²) < 4.78 is 16.0. The summed E-state index contributed by atoms with van der Waals surface area (Å²) in [7, 11) is -3.76. The molecule has 0 aromatic carbocycles. The number of carboxylic acids is 4. The number of carbonyl (C=O) groups is 16. The molecule has 0 aliphatic heterocycles. The van der Waals surface area contributed by atoms with Gasteiger partial charge in [-0.3, -0.25) is 76.9 Å². The number of nitrogens with two attached hydrogens (primary N) is 4. The van der Waals surface area contributed by atoms with E-state index < -0.39 is 247 Å². The molecule has 0 radical (unpaired) electrons. The Labute approximate surface area is 506 Å². The molecule has 0 heterocycles. The molecule has 0 aliphatic rings. The molecule has 500 valence electrons. The van der Waals surface area contributed by atoms with E-state index in [0.29, 0.717) is 0 Å². The van der Waals surface area contributed by atoms with Crippen LogP contribution in [0.1, 0.15) is 79.1 Å². The predicted octanol–water partition coefficient (Wildman–Crippen LogP) is -11.5. The van der Waals surface area contributed by atoms with Crippen LogP contribution >= 0.6 is 8.25 Å². The number of nitrogens with one attached hydrogen (secondary N) is 11. The minimum Gasteiger partial charge on any atom is -0.566 e. The Bertz CT molecular complexity index is 2610. The van der Waals surface area contributed by atoms with E-state index in [1.165, 1.54) is 27.7 Å². The van der Waals surface area contributed by atoms with Gasteiger partial charge in [0.05, 0.1) is 45.2 Å². The highest BCUT2D eigenvalue weighted by Crippen LogP contribution is 2.12. The lowest BCUT2D eigenvalue weighted by Gasteiger charge is -2.27. The number of aliphatic carboxylic acids is 4. The number of carboxylic acid groups (broad SMARTS) is 4. The number of nitrogens with zero attached hydrogens (tertiary/aromatic N) is 1. The van der Waals surface area contributed by atoms with E-state index in [1.807, 2.05) is 10.6 Å². The molecule has 12 amide bonds.